The molecule has 2 heterocycles. The van der Waals surface area contributed by atoms with E-state index in [-0.39, 0.29) is 0 Å². The number of likely N-dealkylation sites (tertiary alicyclic amines) is 2. The Morgan fingerprint density at radius 2 is 1.54 bits per heavy atom. The number of hydrogen-bond donors (Lipinski definition) is 0. The van der Waals surface area contributed by atoms with E-state index >= 15 is 0 Å². The molecule has 0 amide bonds. The van der Waals surface area contributed by atoms with Crippen LogP contribution in [0, 0.1) is 0 Å². The summed E-state index contributed by atoms with van der Waals surface area (Å²) in [5.74, 6) is 0. The van der Waals surface area contributed by atoms with E-state index in [0.29, 0.717) is 12.1 Å². The fourth-order valence-electron chi connectivity index (χ4n) is 4.64. The fourth-order valence-corrected chi connectivity index (χ4v) is 4.64. The lowest BCUT2D eigenvalue weighted by atomic mass is 9.93. The molecule has 0 N–H and O–H groups in total. The Kier molecular flexibility index (Phi) is 7.54. The summed E-state index contributed by atoms with van der Waals surface area (Å²) < 4.78 is 0. The molecule has 24 heavy (non-hydrogen) atoms. The molecule has 2 rings (SSSR count). The molecule has 2 saturated heterocycles. The van der Waals surface area contributed by atoms with Crippen molar-refractivity contribution in [3.63, 3.8) is 0 Å². The first-order valence-electron chi connectivity index (χ1n) is 10.2. The largest absolute Gasteiger partial charge is 0.306 e. The van der Waals surface area contributed by atoms with Crippen LogP contribution in [0.1, 0.15) is 53.4 Å². The molecular formula is C20H42N4. The lowest BCUT2D eigenvalue weighted by Crippen LogP contribution is -2.58. The summed E-state index contributed by atoms with van der Waals surface area (Å²) >= 11 is 0. The van der Waals surface area contributed by atoms with Crippen molar-refractivity contribution in [2.45, 2.75) is 83.6 Å². The summed E-state index contributed by atoms with van der Waals surface area (Å²) in [6.45, 7) is 14.5. The molecule has 2 aliphatic heterocycles. The molecule has 4 heteroatoms. The Hall–Kier alpha value is -0.160. The topological polar surface area (TPSA) is 13.0 Å². The monoisotopic (exact) mass is 338 g/mol. The van der Waals surface area contributed by atoms with Gasteiger partial charge in [-0.25, -0.2) is 0 Å². The second-order valence-electron chi connectivity index (χ2n) is 8.96. The van der Waals surface area contributed by atoms with Crippen molar-refractivity contribution in [2.24, 2.45) is 0 Å². The van der Waals surface area contributed by atoms with E-state index in [1.165, 1.54) is 51.9 Å². The molecule has 2 unspecified atom stereocenters. The van der Waals surface area contributed by atoms with E-state index in [0.717, 1.165) is 18.1 Å². The lowest BCUT2D eigenvalue weighted by Gasteiger charge is -2.48. The van der Waals surface area contributed by atoms with Crippen LogP contribution in [-0.4, -0.2) is 97.1 Å². The summed E-state index contributed by atoms with van der Waals surface area (Å²) in [5, 5.41) is 0. The average Bonchev–Trinajstić information content (AvgIpc) is 2.53. The maximum Gasteiger partial charge on any atom is 0.0227 e. The normalized spacial score (nSPS) is 28.6. The van der Waals surface area contributed by atoms with Gasteiger partial charge < -0.3 is 9.80 Å². The van der Waals surface area contributed by atoms with Gasteiger partial charge in [-0.2, -0.15) is 0 Å². The van der Waals surface area contributed by atoms with Crippen LogP contribution in [0.4, 0.5) is 0 Å². The van der Waals surface area contributed by atoms with E-state index in [1.54, 1.807) is 0 Å². The molecule has 0 saturated carbocycles. The first kappa shape index (κ1) is 20.2. The van der Waals surface area contributed by atoms with Crippen LogP contribution in [0.2, 0.25) is 0 Å². The van der Waals surface area contributed by atoms with Crippen molar-refractivity contribution in [1.29, 1.82) is 0 Å². The molecule has 0 spiro atoms. The molecule has 2 fully saturated rings. The Morgan fingerprint density at radius 1 is 0.917 bits per heavy atom. The van der Waals surface area contributed by atoms with Gasteiger partial charge in [0.1, 0.15) is 0 Å². The van der Waals surface area contributed by atoms with Gasteiger partial charge in [-0.05, 0) is 87.6 Å². The zero-order valence-corrected chi connectivity index (χ0v) is 17.3. The minimum atomic E-state index is 0.643. The van der Waals surface area contributed by atoms with Crippen LogP contribution < -0.4 is 0 Å². The summed E-state index contributed by atoms with van der Waals surface area (Å²) in [5.41, 5.74) is 0. The van der Waals surface area contributed by atoms with Crippen molar-refractivity contribution < 1.29 is 0 Å². The van der Waals surface area contributed by atoms with Crippen molar-refractivity contribution in [3.05, 3.63) is 0 Å². The quantitative estimate of drug-likeness (QED) is 0.738. The highest BCUT2D eigenvalue weighted by Gasteiger charge is 2.34. The van der Waals surface area contributed by atoms with E-state index < -0.39 is 0 Å². The molecule has 0 aromatic rings. The average molecular weight is 339 g/mol. The van der Waals surface area contributed by atoms with Crippen LogP contribution in [0.15, 0.2) is 0 Å². The maximum atomic E-state index is 2.82. The van der Waals surface area contributed by atoms with Gasteiger partial charge in [0.2, 0.25) is 0 Å². The molecule has 2 aliphatic rings. The van der Waals surface area contributed by atoms with Crippen LogP contribution >= 0.6 is 0 Å². The zero-order valence-electron chi connectivity index (χ0n) is 17.3. The smallest absolute Gasteiger partial charge is 0.0227 e. The first-order chi connectivity index (χ1) is 11.3. The Morgan fingerprint density at radius 3 is 2.04 bits per heavy atom. The van der Waals surface area contributed by atoms with Crippen molar-refractivity contribution in [3.8, 4) is 0 Å². The van der Waals surface area contributed by atoms with E-state index in [1.807, 2.05) is 0 Å². The lowest BCUT2D eigenvalue weighted by molar-refractivity contribution is 0.0104. The maximum absolute atomic E-state index is 2.82. The summed E-state index contributed by atoms with van der Waals surface area (Å²) in [7, 11) is 6.74. The Balaban J connectivity index is 2.01. The second-order valence-corrected chi connectivity index (χ2v) is 8.96. The molecule has 0 bridgehead atoms. The van der Waals surface area contributed by atoms with E-state index in [9.17, 15) is 0 Å². The summed E-state index contributed by atoms with van der Waals surface area (Å²) in [6.07, 6.45) is 5.36. The van der Waals surface area contributed by atoms with Gasteiger partial charge in [0.15, 0.2) is 0 Å². The summed E-state index contributed by atoms with van der Waals surface area (Å²) in [4.78, 5) is 10.5. The molecule has 4 nitrogen and oxygen atoms in total. The third-order valence-corrected chi connectivity index (χ3v) is 6.36. The highest BCUT2D eigenvalue weighted by Crippen LogP contribution is 2.26. The third kappa shape index (κ3) is 5.17. The number of nitrogens with zero attached hydrogens (tertiary/aromatic N) is 4. The van der Waals surface area contributed by atoms with Crippen molar-refractivity contribution in [1.82, 2.24) is 19.6 Å². The molecule has 142 valence electrons. The van der Waals surface area contributed by atoms with Gasteiger partial charge in [0.25, 0.3) is 0 Å². The molecular weight excluding hydrogens is 296 g/mol. The zero-order chi connectivity index (χ0) is 17.9. The van der Waals surface area contributed by atoms with Crippen molar-refractivity contribution >= 4 is 0 Å². The highest BCUT2D eigenvalue weighted by atomic mass is 15.3. The number of likely N-dealkylation sites (N-methyl/N-ethyl adjacent to an activating group) is 1. The summed E-state index contributed by atoms with van der Waals surface area (Å²) in [6, 6.07) is 3.52. The van der Waals surface area contributed by atoms with E-state index in [2.05, 4.69) is 68.4 Å². The second kappa shape index (κ2) is 8.98. The molecule has 0 aromatic carbocycles. The fraction of sp³-hybridized carbons (Fsp3) is 1.00. The van der Waals surface area contributed by atoms with Crippen LogP contribution in [-0.2, 0) is 0 Å². The number of hydrogen-bond acceptors (Lipinski definition) is 4. The number of piperidine rings is 2. The predicted octanol–water partition coefficient (Wildman–Crippen LogP) is 2.59. The van der Waals surface area contributed by atoms with E-state index in [4.69, 9.17) is 0 Å². The van der Waals surface area contributed by atoms with Gasteiger partial charge in [-0.1, -0.05) is 0 Å². The van der Waals surface area contributed by atoms with Crippen LogP contribution in [0.25, 0.3) is 0 Å². The first-order valence-corrected chi connectivity index (χ1v) is 10.2. The van der Waals surface area contributed by atoms with Crippen molar-refractivity contribution in [2.75, 3.05) is 47.3 Å². The minimum Gasteiger partial charge on any atom is -0.306 e. The Labute approximate surface area is 151 Å². The minimum absolute atomic E-state index is 0.643. The molecule has 0 radical (unpaired) electrons. The highest BCUT2D eigenvalue weighted by molar-refractivity contribution is 4.91. The Bertz CT molecular complexity index is 361. The molecule has 2 atom stereocenters. The van der Waals surface area contributed by atoms with Gasteiger partial charge >= 0.3 is 0 Å². The van der Waals surface area contributed by atoms with Gasteiger partial charge in [0, 0.05) is 43.3 Å². The molecule has 0 aliphatic carbocycles. The standard InChI is InChI=1S/C20H42N4/c1-16(2)23(18-10-12-22(7)13-11-18)15-20-9-8-19(21(5)6)14-24(20)17(3)4/h16-20H,8-15H2,1-7H3. The third-order valence-electron chi connectivity index (χ3n) is 6.36. The predicted molar refractivity (Wildman–Crippen MR) is 105 cm³/mol. The van der Waals surface area contributed by atoms with Crippen LogP contribution in [0.3, 0.4) is 0 Å². The van der Waals surface area contributed by atoms with Crippen LogP contribution in [0.5, 0.6) is 0 Å². The SMILES string of the molecule is CC(C)N1CC(N(C)C)CCC1CN(C(C)C)C1CCN(C)CC1. The van der Waals surface area contributed by atoms with Gasteiger partial charge in [0.05, 0.1) is 0 Å². The van der Waals surface area contributed by atoms with Gasteiger partial charge in [-0.3, -0.25) is 9.80 Å². The molecule has 0 aromatic heterocycles. The number of rotatable bonds is 6. The van der Waals surface area contributed by atoms with Gasteiger partial charge in [-0.15, -0.1) is 0 Å².